The van der Waals surface area contributed by atoms with Crippen molar-refractivity contribution in [2.45, 2.75) is 13.0 Å². The van der Waals surface area contributed by atoms with Crippen molar-refractivity contribution in [3.63, 3.8) is 0 Å². The van der Waals surface area contributed by atoms with Crippen LogP contribution in [0.4, 0.5) is 0 Å². The van der Waals surface area contributed by atoms with E-state index >= 15 is 0 Å². The molecule has 0 atom stereocenters. The zero-order valence-corrected chi connectivity index (χ0v) is 10.5. The van der Waals surface area contributed by atoms with Crippen LogP contribution in [0.3, 0.4) is 0 Å². The fourth-order valence-electron chi connectivity index (χ4n) is 1.61. The molecule has 1 aromatic carbocycles. The summed E-state index contributed by atoms with van der Waals surface area (Å²) in [4.78, 5) is 2.04. The Balaban J connectivity index is 2.67. The molecule has 4 nitrogen and oxygen atoms in total. The minimum Gasteiger partial charge on any atom is -0.423 e. The van der Waals surface area contributed by atoms with Crippen LogP contribution in [0.15, 0.2) is 24.3 Å². The zero-order valence-electron chi connectivity index (χ0n) is 10.5. The van der Waals surface area contributed by atoms with E-state index in [4.69, 9.17) is 9.76 Å². The van der Waals surface area contributed by atoms with E-state index in [1.54, 1.807) is 0 Å². The van der Waals surface area contributed by atoms with Crippen molar-refractivity contribution in [2.75, 3.05) is 27.3 Å². The molecule has 1 rings (SSSR count). The van der Waals surface area contributed by atoms with Crippen molar-refractivity contribution in [1.82, 2.24) is 4.90 Å². The Morgan fingerprint density at radius 2 is 2.00 bits per heavy atom. The SMILES string of the molecule is CN(C)Cc1ccccc1B(O)OCCCO. The predicted octanol–water partition coefficient (Wildman–Crippen LogP) is -0.165. The highest BCUT2D eigenvalue weighted by Gasteiger charge is 2.19. The number of aliphatic hydroxyl groups is 1. The van der Waals surface area contributed by atoms with Gasteiger partial charge in [-0.25, -0.2) is 0 Å². The van der Waals surface area contributed by atoms with E-state index in [0.717, 1.165) is 17.6 Å². The van der Waals surface area contributed by atoms with Gasteiger partial charge in [-0.3, -0.25) is 0 Å². The van der Waals surface area contributed by atoms with Gasteiger partial charge in [0.2, 0.25) is 0 Å². The number of hydrogen-bond donors (Lipinski definition) is 2. The summed E-state index contributed by atoms with van der Waals surface area (Å²) in [5, 5.41) is 18.6. The topological polar surface area (TPSA) is 52.9 Å². The number of aliphatic hydroxyl groups excluding tert-OH is 1. The molecule has 0 saturated carbocycles. The molecule has 0 bridgehead atoms. The molecule has 0 spiro atoms. The molecule has 0 fully saturated rings. The Hall–Kier alpha value is -0.875. The lowest BCUT2D eigenvalue weighted by Gasteiger charge is -2.15. The molecule has 0 aliphatic heterocycles. The maximum atomic E-state index is 9.92. The smallest absolute Gasteiger partial charge is 0.423 e. The van der Waals surface area contributed by atoms with Gasteiger partial charge in [-0.15, -0.1) is 0 Å². The summed E-state index contributed by atoms with van der Waals surface area (Å²) in [5.41, 5.74) is 1.84. The van der Waals surface area contributed by atoms with Gasteiger partial charge in [0.15, 0.2) is 0 Å². The summed E-state index contributed by atoms with van der Waals surface area (Å²) >= 11 is 0. The lowest BCUT2D eigenvalue weighted by molar-refractivity contribution is 0.215. The first kappa shape index (κ1) is 14.2. The number of hydrogen-bond acceptors (Lipinski definition) is 4. The van der Waals surface area contributed by atoms with Crippen LogP contribution in [0.5, 0.6) is 0 Å². The van der Waals surface area contributed by atoms with Gasteiger partial charge in [0.1, 0.15) is 0 Å². The lowest BCUT2D eigenvalue weighted by Crippen LogP contribution is -2.37. The van der Waals surface area contributed by atoms with Crippen molar-refractivity contribution >= 4 is 12.6 Å². The lowest BCUT2D eigenvalue weighted by atomic mass is 9.76. The fourth-order valence-corrected chi connectivity index (χ4v) is 1.61. The minimum atomic E-state index is -0.919. The van der Waals surface area contributed by atoms with Crippen LogP contribution in [0, 0.1) is 0 Å². The second-order valence-electron chi connectivity index (χ2n) is 4.24. The van der Waals surface area contributed by atoms with E-state index in [-0.39, 0.29) is 6.61 Å². The molecule has 17 heavy (non-hydrogen) atoms. The largest absolute Gasteiger partial charge is 0.491 e. The summed E-state index contributed by atoms with van der Waals surface area (Å²) in [6.07, 6.45) is 0.535. The van der Waals surface area contributed by atoms with Crippen LogP contribution in [0.1, 0.15) is 12.0 Å². The zero-order chi connectivity index (χ0) is 12.7. The summed E-state index contributed by atoms with van der Waals surface area (Å²) in [6.45, 7) is 1.19. The molecule has 0 aromatic heterocycles. The standard InChI is InChI=1S/C12H20BNO3/c1-14(2)10-11-6-3-4-7-12(11)13(16)17-9-5-8-15/h3-4,6-7,15-16H,5,8-10H2,1-2H3. The molecule has 94 valence electrons. The highest BCUT2D eigenvalue weighted by molar-refractivity contribution is 6.60. The Labute approximate surface area is 103 Å². The molecule has 0 radical (unpaired) electrons. The Bertz CT molecular complexity index is 333. The van der Waals surface area contributed by atoms with Crippen molar-refractivity contribution in [2.24, 2.45) is 0 Å². The van der Waals surface area contributed by atoms with Crippen LogP contribution in [-0.2, 0) is 11.2 Å². The second kappa shape index (κ2) is 7.45. The molecular formula is C12H20BNO3. The highest BCUT2D eigenvalue weighted by Crippen LogP contribution is 2.01. The third kappa shape index (κ3) is 4.87. The Morgan fingerprint density at radius 1 is 1.29 bits per heavy atom. The van der Waals surface area contributed by atoms with Crippen LogP contribution in [-0.4, -0.2) is 49.5 Å². The van der Waals surface area contributed by atoms with Gasteiger partial charge in [0.05, 0.1) is 0 Å². The molecule has 2 N–H and O–H groups in total. The second-order valence-corrected chi connectivity index (χ2v) is 4.24. The van der Waals surface area contributed by atoms with E-state index < -0.39 is 7.12 Å². The molecular weight excluding hydrogens is 217 g/mol. The van der Waals surface area contributed by atoms with E-state index in [9.17, 15) is 5.02 Å². The van der Waals surface area contributed by atoms with Crippen LogP contribution < -0.4 is 5.46 Å². The van der Waals surface area contributed by atoms with Gasteiger partial charge in [0.25, 0.3) is 0 Å². The van der Waals surface area contributed by atoms with E-state index in [1.807, 2.05) is 43.3 Å². The van der Waals surface area contributed by atoms with Gasteiger partial charge in [0, 0.05) is 19.8 Å². The number of benzene rings is 1. The van der Waals surface area contributed by atoms with Crippen LogP contribution in [0.25, 0.3) is 0 Å². The molecule has 1 aromatic rings. The quantitative estimate of drug-likeness (QED) is 0.511. The average molecular weight is 237 g/mol. The first-order valence-electron chi connectivity index (χ1n) is 5.78. The molecule has 0 unspecified atom stereocenters. The molecule has 0 aliphatic carbocycles. The predicted molar refractivity (Wildman–Crippen MR) is 69.1 cm³/mol. The molecule has 0 aliphatic rings. The first-order chi connectivity index (χ1) is 8.15. The van der Waals surface area contributed by atoms with E-state index in [0.29, 0.717) is 13.0 Å². The molecule has 0 saturated heterocycles. The number of rotatable bonds is 7. The monoisotopic (exact) mass is 237 g/mol. The Morgan fingerprint density at radius 3 is 2.65 bits per heavy atom. The molecule has 0 heterocycles. The molecule has 5 heteroatoms. The minimum absolute atomic E-state index is 0.0755. The Kier molecular flexibility index (Phi) is 6.22. The summed E-state index contributed by atoms with van der Waals surface area (Å²) in [6, 6.07) is 7.67. The van der Waals surface area contributed by atoms with Crippen molar-refractivity contribution < 1.29 is 14.8 Å². The van der Waals surface area contributed by atoms with Crippen molar-refractivity contribution in [3.8, 4) is 0 Å². The van der Waals surface area contributed by atoms with Crippen LogP contribution in [0.2, 0.25) is 0 Å². The van der Waals surface area contributed by atoms with Gasteiger partial charge in [-0.05, 0) is 31.5 Å². The van der Waals surface area contributed by atoms with Crippen molar-refractivity contribution in [3.05, 3.63) is 29.8 Å². The first-order valence-corrected chi connectivity index (χ1v) is 5.78. The third-order valence-electron chi connectivity index (χ3n) is 2.39. The highest BCUT2D eigenvalue weighted by atomic mass is 16.5. The van der Waals surface area contributed by atoms with Gasteiger partial charge >= 0.3 is 7.12 Å². The van der Waals surface area contributed by atoms with Gasteiger partial charge in [-0.2, -0.15) is 0 Å². The van der Waals surface area contributed by atoms with E-state index in [1.165, 1.54) is 0 Å². The maximum Gasteiger partial charge on any atom is 0.491 e. The van der Waals surface area contributed by atoms with Gasteiger partial charge < -0.3 is 19.7 Å². The van der Waals surface area contributed by atoms with Gasteiger partial charge in [-0.1, -0.05) is 24.3 Å². The summed E-state index contributed by atoms with van der Waals surface area (Å²) in [5.74, 6) is 0. The normalized spacial score (nSPS) is 10.9. The third-order valence-corrected chi connectivity index (χ3v) is 2.39. The fraction of sp³-hybridized carbons (Fsp3) is 0.500. The van der Waals surface area contributed by atoms with Crippen LogP contribution >= 0.6 is 0 Å². The summed E-state index contributed by atoms with van der Waals surface area (Å²) < 4.78 is 5.27. The number of nitrogens with zero attached hydrogens (tertiary/aromatic N) is 1. The van der Waals surface area contributed by atoms with E-state index in [2.05, 4.69) is 0 Å². The summed E-state index contributed by atoms with van der Waals surface area (Å²) in [7, 11) is 3.05. The molecule has 0 amide bonds. The average Bonchev–Trinajstić information content (AvgIpc) is 2.29. The van der Waals surface area contributed by atoms with Crippen molar-refractivity contribution in [1.29, 1.82) is 0 Å². The maximum absolute atomic E-state index is 9.92.